The molecule has 1 aromatic carbocycles. The van der Waals surface area contributed by atoms with Crippen LogP contribution in [0, 0.1) is 5.92 Å². The molecule has 0 bridgehead atoms. The Bertz CT molecular complexity index is 1060. The number of hydrogen-bond donors (Lipinski definition) is 2. The van der Waals surface area contributed by atoms with E-state index in [9.17, 15) is 5.11 Å². The van der Waals surface area contributed by atoms with Crippen molar-refractivity contribution < 1.29 is 9.84 Å². The third-order valence-corrected chi connectivity index (χ3v) is 7.11. The molecule has 1 aliphatic heterocycles. The van der Waals surface area contributed by atoms with Gasteiger partial charge in [-0.25, -0.2) is 4.98 Å². The molecule has 0 radical (unpaired) electrons. The first-order chi connectivity index (χ1) is 14.7. The quantitative estimate of drug-likeness (QED) is 0.610. The van der Waals surface area contributed by atoms with Crippen LogP contribution in [0.2, 0.25) is 0 Å². The zero-order valence-electron chi connectivity index (χ0n) is 17.0. The van der Waals surface area contributed by atoms with Gasteiger partial charge in [0.2, 0.25) is 0 Å². The van der Waals surface area contributed by atoms with Crippen molar-refractivity contribution in [2.45, 2.75) is 44.6 Å². The van der Waals surface area contributed by atoms with Crippen LogP contribution in [0.25, 0.3) is 15.8 Å². The van der Waals surface area contributed by atoms with Crippen LogP contribution in [-0.2, 0) is 6.42 Å². The van der Waals surface area contributed by atoms with Gasteiger partial charge in [0.15, 0.2) is 0 Å². The van der Waals surface area contributed by atoms with E-state index in [1.807, 2.05) is 30.5 Å². The number of pyridine rings is 1. The molecule has 0 unspecified atom stereocenters. The predicted octanol–water partition coefficient (Wildman–Crippen LogP) is 4.95. The van der Waals surface area contributed by atoms with Gasteiger partial charge in [-0.2, -0.15) is 0 Å². The SMILES string of the molecule is O[C@@H]1CCCC[C@H]1Cc1nc2ccc(Oc3ccnc(C4=CCNCC4)c3)cc2s1. The largest absolute Gasteiger partial charge is 0.457 e. The molecule has 30 heavy (non-hydrogen) atoms. The third kappa shape index (κ3) is 4.41. The van der Waals surface area contributed by atoms with E-state index >= 15 is 0 Å². The molecule has 2 aromatic heterocycles. The summed E-state index contributed by atoms with van der Waals surface area (Å²) >= 11 is 1.71. The first-order valence-electron chi connectivity index (χ1n) is 10.9. The molecule has 2 N–H and O–H groups in total. The minimum atomic E-state index is -0.180. The van der Waals surface area contributed by atoms with Gasteiger partial charge in [0.1, 0.15) is 11.5 Å². The summed E-state index contributed by atoms with van der Waals surface area (Å²) in [4.78, 5) is 9.31. The summed E-state index contributed by atoms with van der Waals surface area (Å²) in [6.07, 6.45) is 10.1. The first-order valence-corrected chi connectivity index (χ1v) is 11.7. The van der Waals surface area contributed by atoms with Crippen molar-refractivity contribution in [2.75, 3.05) is 13.1 Å². The molecule has 2 aliphatic rings. The smallest absolute Gasteiger partial charge is 0.131 e. The zero-order valence-corrected chi connectivity index (χ0v) is 17.8. The van der Waals surface area contributed by atoms with Crippen molar-refractivity contribution in [1.29, 1.82) is 0 Å². The maximum absolute atomic E-state index is 10.3. The summed E-state index contributed by atoms with van der Waals surface area (Å²) in [5, 5.41) is 14.7. The van der Waals surface area contributed by atoms with Crippen LogP contribution in [0.3, 0.4) is 0 Å². The van der Waals surface area contributed by atoms with E-state index in [1.54, 1.807) is 11.3 Å². The van der Waals surface area contributed by atoms with Gasteiger partial charge in [-0.3, -0.25) is 4.98 Å². The Hall–Kier alpha value is -2.28. The van der Waals surface area contributed by atoms with E-state index in [2.05, 4.69) is 22.4 Å². The van der Waals surface area contributed by atoms with Crippen molar-refractivity contribution in [2.24, 2.45) is 5.92 Å². The monoisotopic (exact) mass is 421 g/mol. The van der Waals surface area contributed by atoms with Crippen molar-refractivity contribution in [1.82, 2.24) is 15.3 Å². The van der Waals surface area contributed by atoms with Gasteiger partial charge in [0.25, 0.3) is 0 Å². The second-order valence-electron chi connectivity index (χ2n) is 8.22. The number of aliphatic hydroxyl groups is 1. The summed E-state index contributed by atoms with van der Waals surface area (Å²) in [6.45, 7) is 1.88. The Morgan fingerprint density at radius 3 is 2.90 bits per heavy atom. The molecule has 5 nitrogen and oxygen atoms in total. The minimum absolute atomic E-state index is 0.180. The lowest BCUT2D eigenvalue weighted by molar-refractivity contribution is 0.0700. The minimum Gasteiger partial charge on any atom is -0.457 e. The van der Waals surface area contributed by atoms with Gasteiger partial charge >= 0.3 is 0 Å². The lowest BCUT2D eigenvalue weighted by Crippen LogP contribution is -2.26. The summed E-state index contributed by atoms with van der Waals surface area (Å²) in [5.41, 5.74) is 3.26. The lowest BCUT2D eigenvalue weighted by atomic mass is 9.84. The van der Waals surface area contributed by atoms with Crippen molar-refractivity contribution in [3.63, 3.8) is 0 Å². The van der Waals surface area contributed by atoms with Crippen LogP contribution in [0.4, 0.5) is 0 Å². The van der Waals surface area contributed by atoms with Gasteiger partial charge in [-0.1, -0.05) is 18.9 Å². The number of benzene rings is 1. The molecule has 2 atom stereocenters. The molecule has 3 heterocycles. The van der Waals surface area contributed by atoms with Crippen molar-refractivity contribution in [3.05, 3.63) is 53.3 Å². The Kier molecular flexibility index (Phi) is 5.79. The Morgan fingerprint density at radius 1 is 1.13 bits per heavy atom. The molecule has 0 saturated heterocycles. The average Bonchev–Trinajstić information content (AvgIpc) is 3.18. The van der Waals surface area contributed by atoms with Crippen LogP contribution in [0.5, 0.6) is 11.5 Å². The second kappa shape index (κ2) is 8.84. The van der Waals surface area contributed by atoms with Crippen molar-refractivity contribution >= 4 is 27.1 Å². The highest BCUT2D eigenvalue weighted by molar-refractivity contribution is 7.18. The summed E-state index contributed by atoms with van der Waals surface area (Å²) in [7, 11) is 0. The fourth-order valence-electron chi connectivity index (χ4n) is 4.40. The molecule has 0 amide bonds. The molecule has 5 rings (SSSR count). The molecule has 1 saturated carbocycles. The molecule has 1 aliphatic carbocycles. The zero-order chi connectivity index (χ0) is 20.3. The van der Waals surface area contributed by atoms with E-state index < -0.39 is 0 Å². The van der Waals surface area contributed by atoms with Crippen LogP contribution < -0.4 is 10.1 Å². The summed E-state index contributed by atoms with van der Waals surface area (Å²) < 4.78 is 7.28. The Labute approximate surface area is 180 Å². The highest BCUT2D eigenvalue weighted by Crippen LogP contribution is 2.33. The van der Waals surface area contributed by atoms with E-state index in [-0.39, 0.29) is 6.10 Å². The van der Waals surface area contributed by atoms with Gasteiger partial charge in [0.05, 0.1) is 27.0 Å². The molecular weight excluding hydrogens is 394 g/mol. The number of nitrogens with zero attached hydrogens (tertiary/aromatic N) is 2. The number of hydrogen-bond acceptors (Lipinski definition) is 6. The predicted molar refractivity (Wildman–Crippen MR) is 121 cm³/mol. The highest BCUT2D eigenvalue weighted by Gasteiger charge is 2.24. The van der Waals surface area contributed by atoms with Crippen LogP contribution in [0.1, 0.15) is 42.8 Å². The maximum atomic E-state index is 10.3. The van der Waals surface area contributed by atoms with Crippen LogP contribution in [0.15, 0.2) is 42.6 Å². The third-order valence-electron chi connectivity index (χ3n) is 6.07. The average molecular weight is 422 g/mol. The number of aliphatic hydroxyl groups excluding tert-OH is 1. The fraction of sp³-hybridized carbons (Fsp3) is 0.417. The topological polar surface area (TPSA) is 67.3 Å². The molecule has 1 fully saturated rings. The molecular formula is C24H27N3O2S. The first kappa shape index (κ1) is 19.7. The number of ether oxygens (including phenoxy) is 1. The van der Waals surface area contributed by atoms with Crippen molar-refractivity contribution in [3.8, 4) is 11.5 Å². The molecule has 156 valence electrons. The van der Waals surface area contributed by atoms with Gasteiger partial charge in [0, 0.05) is 31.3 Å². The van der Waals surface area contributed by atoms with E-state index in [0.717, 1.165) is 77.6 Å². The Morgan fingerprint density at radius 2 is 2.03 bits per heavy atom. The number of nitrogens with one attached hydrogen (secondary N) is 1. The maximum Gasteiger partial charge on any atom is 0.131 e. The molecule has 0 spiro atoms. The van der Waals surface area contributed by atoms with E-state index in [0.29, 0.717) is 5.92 Å². The number of rotatable bonds is 5. The number of aromatic nitrogens is 2. The normalized spacial score (nSPS) is 22.1. The lowest BCUT2D eigenvalue weighted by Gasteiger charge is -2.26. The Balaban J connectivity index is 1.32. The standard InChI is InChI=1S/C24H27N3O2S/c28-22-4-2-1-3-17(22)13-24-27-20-6-5-18(15-23(20)30-24)29-19-9-12-26-21(14-19)16-7-10-25-11-8-16/h5-7,9,12,14-15,17,22,25,28H,1-4,8,10-11,13H2/t17-,22+/m0/s1. The van der Waals surface area contributed by atoms with Gasteiger partial charge < -0.3 is 15.2 Å². The fourth-order valence-corrected chi connectivity index (χ4v) is 5.48. The number of fused-ring (bicyclic) bond motifs is 1. The molecule has 6 heteroatoms. The molecule has 3 aromatic rings. The highest BCUT2D eigenvalue weighted by atomic mass is 32.1. The summed E-state index contributed by atoms with van der Waals surface area (Å²) in [6, 6.07) is 9.99. The van der Waals surface area contributed by atoms with Crippen LogP contribution in [-0.4, -0.2) is 34.3 Å². The van der Waals surface area contributed by atoms with Crippen LogP contribution >= 0.6 is 11.3 Å². The van der Waals surface area contributed by atoms with E-state index in [1.165, 1.54) is 12.0 Å². The van der Waals surface area contributed by atoms with Gasteiger partial charge in [-0.15, -0.1) is 11.3 Å². The second-order valence-corrected chi connectivity index (χ2v) is 9.33. The summed E-state index contributed by atoms with van der Waals surface area (Å²) in [5.74, 6) is 1.95. The van der Waals surface area contributed by atoms with Gasteiger partial charge in [-0.05, 0) is 55.5 Å². The number of thiazole rings is 1. The van der Waals surface area contributed by atoms with E-state index in [4.69, 9.17) is 9.72 Å².